The molecule has 2 heterocycles. The van der Waals surface area contributed by atoms with Gasteiger partial charge in [0.1, 0.15) is 0 Å². The summed E-state index contributed by atoms with van der Waals surface area (Å²) in [5.41, 5.74) is 1.52. The highest BCUT2D eigenvalue weighted by molar-refractivity contribution is 7.89. The maximum absolute atomic E-state index is 12.9. The van der Waals surface area contributed by atoms with Crippen LogP contribution in [0.3, 0.4) is 0 Å². The van der Waals surface area contributed by atoms with E-state index in [4.69, 9.17) is 0 Å². The fourth-order valence-electron chi connectivity index (χ4n) is 4.05. The van der Waals surface area contributed by atoms with Crippen molar-refractivity contribution in [3.63, 3.8) is 0 Å². The van der Waals surface area contributed by atoms with Crippen LogP contribution in [0.4, 0.5) is 5.69 Å². The van der Waals surface area contributed by atoms with E-state index >= 15 is 0 Å². The van der Waals surface area contributed by atoms with Gasteiger partial charge in [-0.15, -0.1) is 0 Å². The van der Waals surface area contributed by atoms with E-state index in [-0.39, 0.29) is 30.2 Å². The van der Waals surface area contributed by atoms with Gasteiger partial charge in [-0.05, 0) is 42.7 Å². The Kier molecular flexibility index (Phi) is 6.38. The van der Waals surface area contributed by atoms with Crippen LogP contribution >= 0.6 is 0 Å². The van der Waals surface area contributed by atoms with Gasteiger partial charge < -0.3 is 5.32 Å². The highest BCUT2D eigenvalue weighted by Crippen LogP contribution is 2.23. The van der Waals surface area contributed by atoms with Crippen molar-refractivity contribution in [3.8, 4) is 0 Å². The third-order valence-corrected chi connectivity index (χ3v) is 7.66. The molecule has 0 saturated carbocycles. The van der Waals surface area contributed by atoms with Gasteiger partial charge in [0.15, 0.2) is 0 Å². The molecule has 2 aliphatic heterocycles. The molecule has 4 rings (SSSR count). The number of piperidine rings is 1. The molecule has 9 heteroatoms. The molecule has 32 heavy (non-hydrogen) atoms. The molecule has 0 aromatic heterocycles. The van der Waals surface area contributed by atoms with Crippen LogP contribution in [0, 0.1) is 0 Å². The number of rotatable bonds is 6. The zero-order chi connectivity index (χ0) is 22.7. The molecular formula is C23H25N3O5S. The Labute approximate surface area is 187 Å². The molecule has 0 aliphatic carbocycles. The second-order valence-corrected chi connectivity index (χ2v) is 9.91. The van der Waals surface area contributed by atoms with Crippen molar-refractivity contribution in [1.29, 1.82) is 0 Å². The first-order chi connectivity index (χ1) is 15.4. The summed E-state index contributed by atoms with van der Waals surface area (Å²) >= 11 is 0. The highest BCUT2D eigenvalue weighted by Gasteiger charge is 2.31. The number of nitrogens with one attached hydrogen (secondary N) is 1. The maximum atomic E-state index is 12.9. The van der Waals surface area contributed by atoms with E-state index in [1.807, 2.05) is 0 Å². The second-order valence-electron chi connectivity index (χ2n) is 7.98. The molecule has 0 bridgehead atoms. The van der Waals surface area contributed by atoms with E-state index in [1.165, 1.54) is 16.4 Å². The van der Waals surface area contributed by atoms with Crippen LogP contribution in [0.5, 0.6) is 0 Å². The zero-order valence-electron chi connectivity index (χ0n) is 17.6. The number of fused-ring (bicyclic) bond motifs is 1. The Hall–Kier alpha value is -3.04. The van der Waals surface area contributed by atoms with Crippen molar-refractivity contribution < 1.29 is 22.8 Å². The molecule has 0 atom stereocenters. The van der Waals surface area contributed by atoms with Crippen LogP contribution in [0.25, 0.3) is 0 Å². The molecule has 8 nitrogen and oxygen atoms in total. The molecule has 2 aromatic rings. The smallest absolute Gasteiger partial charge is 0.260 e. The van der Waals surface area contributed by atoms with Gasteiger partial charge in [0.05, 0.1) is 11.3 Å². The van der Waals surface area contributed by atoms with Crippen LogP contribution in [-0.4, -0.2) is 55.0 Å². The lowest BCUT2D eigenvalue weighted by Gasteiger charge is -2.26. The van der Waals surface area contributed by atoms with Crippen molar-refractivity contribution in [2.24, 2.45) is 0 Å². The van der Waals surface area contributed by atoms with E-state index in [1.54, 1.807) is 36.4 Å². The largest absolute Gasteiger partial charge is 0.326 e. The topological polar surface area (TPSA) is 104 Å². The number of sulfonamides is 1. The van der Waals surface area contributed by atoms with Gasteiger partial charge in [-0.3, -0.25) is 19.3 Å². The predicted molar refractivity (Wildman–Crippen MR) is 118 cm³/mol. The number of carbonyl (C=O) groups is 3. The summed E-state index contributed by atoms with van der Waals surface area (Å²) in [7, 11) is -3.61. The van der Waals surface area contributed by atoms with Crippen LogP contribution in [0.1, 0.15) is 41.6 Å². The summed E-state index contributed by atoms with van der Waals surface area (Å²) in [6.45, 7) is 0.962. The predicted octanol–water partition coefficient (Wildman–Crippen LogP) is 2.41. The minimum Gasteiger partial charge on any atom is -0.326 e. The lowest BCUT2D eigenvalue weighted by molar-refractivity contribution is -0.128. The van der Waals surface area contributed by atoms with Crippen molar-refractivity contribution in [3.05, 3.63) is 59.7 Å². The molecule has 2 aromatic carbocycles. The Morgan fingerprint density at radius 1 is 0.969 bits per heavy atom. The number of imide groups is 1. The molecule has 2 aliphatic rings. The number of nitrogens with zero attached hydrogens (tertiary/aromatic N) is 2. The molecule has 0 unspecified atom stereocenters. The molecule has 1 N–H and O–H groups in total. The number of benzene rings is 2. The molecule has 1 fully saturated rings. The van der Waals surface area contributed by atoms with Gasteiger partial charge in [-0.25, -0.2) is 8.42 Å². The van der Waals surface area contributed by atoms with Gasteiger partial charge in [0.2, 0.25) is 21.8 Å². The fourth-order valence-corrected chi connectivity index (χ4v) is 5.62. The minimum absolute atomic E-state index is 0.0381. The average Bonchev–Trinajstić information content (AvgIpc) is 2.79. The second kappa shape index (κ2) is 9.22. The normalized spacial score (nSPS) is 17.2. The van der Waals surface area contributed by atoms with Crippen LogP contribution < -0.4 is 5.32 Å². The third-order valence-electron chi connectivity index (χ3n) is 5.77. The number of anilines is 1. The van der Waals surface area contributed by atoms with Gasteiger partial charge >= 0.3 is 0 Å². The standard InChI is InChI=1S/C23H25N3O5S/c27-21(11-14-26-22(28)15-17-7-2-3-10-20(17)23(26)29)24-18-8-6-9-19(16-18)32(30,31)25-12-4-1-5-13-25/h2-3,6-10,16H,1,4-5,11-15H2,(H,24,27). The molecule has 168 valence electrons. The lowest BCUT2D eigenvalue weighted by Crippen LogP contribution is -2.43. The monoisotopic (exact) mass is 455 g/mol. The average molecular weight is 456 g/mol. The fraction of sp³-hybridized carbons (Fsp3) is 0.348. The van der Waals surface area contributed by atoms with Crippen molar-refractivity contribution in [2.75, 3.05) is 25.0 Å². The summed E-state index contributed by atoms with van der Waals surface area (Å²) in [6, 6.07) is 13.1. The maximum Gasteiger partial charge on any atom is 0.260 e. The minimum atomic E-state index is -3.61. The van der Waals surface area contributed by atoms with E-state index in [0.29, 0.717) is 29.9 Å². The van der Waals surface area contributed by atoms with E-state index in [0.717, 1.165) is 24.2 Å². The van der Waals surface area contributed by atoms with Crippen molar-refractivity contribution in [1.82, 2.24) is 9.21 Å². The molecule has 1 saturated heterocycles. The van der Waals surface area contributed by atoms with Gasteiger partial charge in [0.25, 0.3) is 5.91 Å². The summed E-state index contributed by atoms with van der Waals surface area (Å²) in [6.07, 6.45) is 2.75. The van der Waals surface area contributed by atoms with Crippen molar-refractivity contribution in [2.45, 2.75) is 37.0 Å². The highest BCUT2D eigenvalue weighted by atomic mass is 32.2. The summed E-state index contributed by atoms with van der Waals surface area (Å²) in [4.78, 5) is 38.6. The Morgan fingerprint density at radius 3 is 2.50 bits per heavy atom. The SMILES string of the molecule is O=C(CCN1C(=O)Cc2ccccc2C1=O)Nc1cccc(S(=O)(=O)N2CCCCC2)c1. The summed E-state index contributed by atoms with van der Waals surface area (Å²) in [5, 5.41) is 2.67. The van der Waals surface area contributed by atoms with E-state index < -0.39 is 21.8 Å². The van der Waals surface area contributed by atoms with Gasteiger partial charge in [0, 0.05) is 37.3 Å². The number of carbonyl (C=O) groups excluding carboxylic acids is 3. The van der Waals surface area contributed by atoms with Gasteiger partial charge in [-0.2, -0.15) is 4.31 Å². The van der Waals surface area contributed by atoms with E-state index in [9.17, 15) is 22.8 Å². The number of hydrogen-bond acceptors (Lipinski definition) is 5. The molecule has 0 radical (unpaired) electrons. The first-order valence-electron chi connectivity index (χ1n) is 10.7. The van der Waals surface area contributed by atoms with Crippen LogP contribution in [0.2, 0.25) is 0 Å². The number of hydrogen-bond donors (Lipinski definition) is 1. The van der Waals surface area contributed by atoms with Crippen molar-refractivity contribution >= 4 is 33.4 Å². The molecule has 0 spiro atoms. The van der Waals surface area contributed by atoms with Gasteiger partial charge in [-0.1, -0.05) is 30.7 Å². The first kappa shape index (κ1) is 22.2. The summed E-state index contributed by atoms with van der Waals surface area (Å²) < 4.78 is 27.2. The van der Waals surface area contributed by atoms with Crippen LogP contribution in [-0.2, 0) is 26.0 Å². The molecular weight excluding hydrogens is 430 g/mol. The van der Waals surface area contributed by atoms with E-state index in [2.05, 4.69) is 5.32 Å². The summed E-state index contributed by atoms with van der Waals surface area (Å²) in [5.74, 6) is -1.15. The third kappa shape index (κ3) is 4.58. The zero-order valence-corrected chi connectivity index (χ0v) is 18.4. The Morgan fingerprint density at radius 2 is 1.72 bits per heavy atom. The Bertz CT molecular complexity index is 1160. The van der Waals surface area contributed by atoms with Crippen LogP contribution in [0.15, 0.2) is 53.4 Å². The molecule has 3 amide bonds. The lowest BCUT2D eigenvalue weighted by atomic mass is 9.98. The Balaban J connectivity index is 1.39. The first-order valence-corrected chi connectivity index (χ1v) is 12.1. The number of amides is 3. The quantitative estimate of drug-likeness (QED) is 0.674.